The Morgan fingerprint density at radius 1 is 1.67 bits per heavy atom. The zero-order valence-electron chi connectivity index (χ0n) is 6.96. The summed E-state index contributed by atoms with van der Waals surface area (Å²) in [4.78, 5) is 0. The van der Waals surface area contributed by atoms with Crippen molar-refractivity contribution >= 4 is 12.7 Å². The predicted octanol–water partition coefficient (Wildman–Crippen LogP) is 0.158. The van der Waals surface area contributed by atoms with Gasteiger partial charge in [-0.3, -0.25) is 5.10 Å². The lowest BCUT2D eigenvalue weighted by Crippen LogP contribution is -2.21. The molecule has 1 rings (SSSR count). The molecule has 1 aromatic heterocycles. The van der Waals surface area contributed by atoms with Gasteiger partial charge in [-0.05, 0) is 12.8 Å². The summed E-state index contributed by atoms with van der Waals surface area (Å²) in [5.74, 6) is 2.48. The van der Waals surface area contributed by atoms with Crippen LogP contribution >= 0.6 is 0 Å². The molecule has 0 radical (unpaired) electrons. The fourth-order valence-corrected chi connectivity index (χ4v) is 0.869. The van der Waals surface area contributed by atoms with Gasteiger partial charge in [0.1, 0.15) is 5.69 Å². The van der Waals surface area contributed by atoms with Crippen LogP contribution in [0.1, 0.15) is 12.6 Å². The van der Waals surface area contributed by atoms with Crippen LogP contribution in [0.5, 0.6) is 0 Å². The predicted molar refractivity (Wildman–Crippen MR) is 50.6 cm³/mol. The van der Waals surface area contributed by atoms with Crippen LogP contribution in [-0.2, 0) is 0 Å². The number of aromatic nitrogens is 2. The number of nitrogens with one attached hydrogen (secondary N) is 1. The van der Waals surface area contributed by atoms with Gasteiger partial charge in [0.25, 0.3) is 0 Å². The van der Waals surface area contributed by atoms with E-state index < -0.39 is 0 Å². The van der Waals surface area contributed by atoms with Crippen LogP contribution in [0, 0.1) is 12.3 Å². The van der Waals surface area contributed by atoms with Gasteiger partial charge in [-0.25, -0.2) is 0 Å². The number of allylic oxidation sites excluding steroid dienone is 2. The van der Waals surface area contributed by atoms with Gasteiger partial charge in [-0.2, -0.15) is 5.10 Å². The summed E-state index contributed by atoms with van der Waals surface area (Å²) < 4.78 is 0. The summed E-state index contributed by atoms with van der Waals surface area (Å²) >= 11 is 0. The molecule has 0 atom stereocenters. The van der Waals surface area contributed by atoms with E-state index in [0.29, 0.717) is 5.69 Å². The van der Waals surface area contributed by atoms with E-state index in [1.807, 2.05) is 25.2 Å². The minimum absolute atomic E-state index is 0.609. The summed E-state index contributed by atoms with van der Waals surface area (Å²) in [5.41, 5.74) is 0.609. The molecule has 0 unspecified atom stereocenters. The fraction of sp³-hybridized carbons (Fsp3) is 0.100. The van der Waals surface area contributed by atoms with Gasteiger partial charge in [0.2, 0.25) is 0 Å². The average Bonchev–Trinajstić information content (AvgIpc) is 2.43. The standard InChI is InChI=1S/C10H10N2/c1-4-6-7-9-8(3)11-12-10(9)5-2/h2,4,6-7,11H,3H2,1H3/b6-4-,9-7+. The first kappa shape index (κ1) is 8.35. The zero-order chi connectivity index (χ0) is 8.97. The van der Waals surface area contributed by atoms with E-state index in [0.717, 1.165) is 10.6 Å². The second-order valence-electron chi connectivity index (χ2n) is 2.30. The van der Waals surface area contributed by atoms with Crippen molar-refractivity contribution in [3.8, 4) is 12.3 Å². The van der Waals surface area contributed by atoms with Crippen LogP contribution in [0.15, 0.2) is 12.2 Å². The molecule has 1 aromatic rings. The maximum Gasteiger partial charge on any atom is 0.142 e. The molecule has 0 saturated carbocycles. The maximum absolute atomic E-state index is 5.23. The Hall–Kier alpha value is -1.75. The number of hydrogen-bond acceptors (Lipinski definition) is 1. The first-order valence-corrected chi connectivity index (χ1v) is 3.62. The lowest BCUT2D eigenvalue weighted by Gasteiger charge is -1.76. The third kappa shape index (κ3) is 1.46. The Morgan fingerprint density at radius 2 is 2.42 bits per heavy atom. The topological polar surface area (TPSA) is 28.7 Å². The van der Waals surface area contributed by atoms with Gasteiger partial charge in [-0.15, -0.1) is 6.42 Å². The Bertz CT molecular complexity index is 429. The van der Waals surface area contributed by atoms with Crippen LogP contribution in [0.3, 0.4) is 0 Å². The molecule has 0 aliphatic heterocycles. The van der Waals surface area contributed by atoms with Crippen molar-refractivity contribution in [3.63, 3.8) is 0 Å². The molecule has 0 saturated heterocycles. The third-order valence-electron chi connectivity index (χ3n) is 1.47. The second-order valence-corrected chi connectivity index (χ2v) is 2.30. The van der Waals surface area contributed by atoms with E-state index in [-0.39, 0.29) is 0 Å². The average molecular weight is 158 g/mol. The minimum Gasteiger partial charge on any atom is -0.277 e. The van der Waals surface area contributed by atoms with Crippen LogP contribution in [-0.4, -0.2) is 10.2 Å². The summed E-state index contributed by atoms with van der Waals surface area (Å²) in [5, 5.41) is 8.26. The lowest BCUT2D eigenvalue weighted by atomic mass is 10.3. The van der Waals surface area contributed by atoms with Gasteiger partial charge in [-0.1, -0.05) is 24.8 Å². The van der Waals surface area contributed by atoms with Gasteiger partial charge in [0.05, 0.1) is 5.35 Å². The molecule has 0 bridgehead atoms. The normalized spacial score (nSPS) is 12.2. The summed E-state index contributed by atoms with van der Waals surface area (Å²) in [6.07, 6.45) is 10.9. The quantitative estimate of drug-likeness (QED) is 0.579. The minimum atomic E-state index is 0.609. The molecule has 0 aliphatic rings. The third-order valence-corrected chi connectivity index (χ3v) is 1.47. The van der Waals surface area contributed by atoms with E-state index in [4.69, 9.17) is 6.42 Å². The van der Waals surface area contributed by atoms with Crippen molar-refractivity contribution in [1.29, 1.82) is 0 Å². The highest BCUT2D eigenvalue weighted by Gasteiger charge is 1.93. The molecule has 2 heteroatoms. The molecule has 0 fully saturated rings. The van der Waals surface area contributed by atoms with Gasteiger partial charge in [0, 0.05) is 5.22 Å². The van der Waals surface area contributed by atoms with Crippen molar-refractivity contribution < 1.29 is 0 Å². The zero-order valence-corrected chi connectivity index (χ0v) is 6.96. The summed E-state index contributed by atoms with van der Waals surface area (Å²) in [7, 11) is 0. The van der Waals surface area contributed by atoms with E-state index in [9.17, 15) is 0 Å². The van der Waals surface area contributed by atoms with E-state index >= 15 is 0 Å². The van der Waals surface area contributed by atoms with E-state index in [1.165, 1.54) is 0 Å². The largest absolute Gasteiger partial charge is 0.277 e. The summed E-state index contributed by atoms with van der Waals surface area (Å²) in [6.45, 7) is 5.70. The van der Waals surface area contributed by atoms with Crippen molar-refractivity contribution in [1.82, 2.24) is 10.2 Å². The van der Waals surface area contributed by atoms with Crippen LogP contribution in [0.4, 0.5) is 0 Å². The number of H-pyrrole nitrogens is 1. The Balaban J connectivity index is 3.41. The Kier molecular flexibility index (Phi) is 2.49. The smallest absolute Gasteiger partial charge is 0.142 e. The molecule has 0 spiro atoms. The molecule has 0 aromatic carbocycles. The molecule has 2 nitrogen and oxygen atoms in total. The van der Waals surface area contributed by atoms with Crippen molar-refractivity contribution in [2.75, 3.05) is 0 Å². The molecule has 0 aliphatic carbocycles. The molecule has 1 N–H and O–H groups in total. The molecular formula is C10H10N2. The Labute approximate surface area is 71.3 Å². The van der Waals surface area contributed by atoms with Crippen LogP contribution in [0.2, 0.25) is 0 Å². The van der Waals surface area contributed by atoms with Crippen molar-refractivity contribution in [3.05, 3.63) is 28.4 Å². The number of terminal acetylenes is 1. The highest BCUT2D eigenvalue weighted by atomic mass is 15.1. The monoisotopic (exact) mass is 158 g/mol. The van der Waals surface area contributed by atoms with Crippen LogP contribution < -0.4 is 10.6 Å². The van der Waals surface area contributed by atoms with Gasteiger partial charge < -0.3 is 0 Å². The number of hydrogen-bond donors (Lipinski definition) is 1. The van der Waals surface area contributed by atoms with Crippen molar-refractivity contribution in [2.24, 2.45) is 0 Å². The van der Waals surface area contributed by atoms with Gasteiger partial charge >= 0.3 is 0 Å². The molecule has 0 amide bonds. The maximum atomic E-state index is 5.23. The van der Waals surface area contributed by atoms with Crippen LogP contribution in [0.25, 0.3) is 12.7 Å². The number of nitrogens with zero attached hydrogens (tertiary/aromatic N) is 1. The lowest BCUT2D eigenvalue weighted by molar-refractivity contribution is 1.05. The van der Waals surface area contributed by atoms with Crippen molar-refractivity contribution in [2.45, 2.75) is 6.92 Å². The SMILES string of the molecule is C#Cc1n[nH]c(=C)/c1=C\C=C/C. The summed E-state index contributed by atoms with van der Waals surface area (Å²) in [6, 6.07) is 0. The molecule has 1 heterocycles. The van der Waals surface area contributed by atoms with E-state index in [1.54, 1.807) is 0 Å². The fourth-order valence-electron chi connectivity index (χ4n) is 0.869. The molecule has 60 valence electrons. The van der Waals surface area contributed by atoms with E-state index in [2.05, 4.69) is 22.7 Å². The Morgan fingerprint density at radius 3 is 3.00 bits per heavy atom. The number of rotatable bonds is 1. The molecular weight excluding hydrogens is 148 g/mol. The van der Waals surface area contributed by atoms with Gasteiger partial charge in [0.15, 0.2) is 0 Å². The highest BCUT2D eigenvalue weighted by molar-refractivity contribution is 5.41. The second kappa shape index (κ2) is 3.59. The highest BCUT2D eigenvalue weighted by Crippen LogP contribution is 1.76. The first-order valence-electron chi connectivity index (χ1n) is 3.62. The number of aromatic amines is 1. The first-order chi connectivity index (χ1) is 5.79. The molecule has 12 heavy (non-hydrogen) atoms.